The third kappa shape index (κ3) is 3.11. The first kappa shape index (κ1) is 13.5. The van der Waals surface area contributed by atoms with Crippen LogP contribution < -0.4 is 0 Å². The number of nitrogens with zero attached hydrogens (tertiary/aromatic N) is 3. The van der Waals surface area contributed by atoms with E-state index in [4.69, 9.17) is 5.53 Å². The molecule has 2 aromatic rings. The molecule has 0 fully saturated rings. The van der Waals surface area contributed by atoms with Crippen molar-refractivity contribution in [1.29, 1.82) is 5.53 Å². The zero-order valence-corrected chi connectivity index (χ0v) is 10.9. The van der Waals surface area contributed by atoms with Gasteiger partial charge in [-0.2, -0.15) is 5.53 Å². The van der Waals surface area contributed by atoms with E-state index in [0.717, 1.165) is 16.7 Å². The van der Waals surface area contributed by atoms with Gasteiger partial charge in [-0.15, -0.1) is 5.11 Å². The van der Waals surface area contributed by atoms with Crippen molar-refractivity contribution in [3.63, 3.8) is 0 Å². The van der Waals surface area contributed by atoms with Crippen LogP contribution in [0.15, 0.2) is 94.6 Å². The molecule has 0 atom stereocenters. The highest BCUT2D eigenvalue weighted by Crippen LogP contribution is 2.28. The number of nitrogens with one attached hydrogen (secondary N) is 1. The lowest BCUT2D eigenvalue weighted by Crippen LogP contribution is -1.91. The largest absolute Gasteiger partial charge is 0.183 e. The van der Waals surface area contributed by atoms with Crippen LogP contribution in [0.1, 0.15) is 11.1 Å². The van der Waals surface area contributed by atoms with Crippen LogP contribution in [0, 0.1) is 5.53 Å². The molecule has 1 N–H and O–H groups in total. The first-order chi connectivity index (χ1) is 9.86. The molecular formula is C16H14N4. The quantitative estimate of drug-likeness (QED) is 0.446. The molecule has 4 nitrogen and oxygen atoms in total. The first-order valence-electron chi connectivity index (χ1n) is 6.12. The third-order valence-corrected chi connectivity index (χ3v) is 2.77. The van der Waals surface area contributed by atoms with Crippen LogP contribution in [0.5, 0.6) is 0 Å². The second-order valence-corrected chi connectivity index (χ2v) is 3.99. The van der Waals surface area contributed by atoms with Gasteiger partial charge in [-0.1, -0.05) is 67.2 Å². The van der Waals surface area contributed by atoms with Crippen molar-refractivity contribution in [2.75, 3.05) is 0 Å². The Labute approximate surface area is 117 Å². The minimum absolute atomic E-state index is 0.582. The predicted molar refractivity (Wildman–Crippen MR) is 79.1 cm³/mol. The minimum Gasteiger partial charge on any atom is -0.183 e. The second-order valence-electron chi connectivity index (χ2n) is 3.99. The molecule has 0 aliphatic heterocycles. The van der Waals surface area contributed by atoms with Gasteiger partial charge in [0.1, 0.15) is 0 Å². The average molecular weight is 262 g/mol. The molecule has 0 aliphatic rings. The summed E-state index contributed by atoms with van der Waals surface area (Å²) in [5.74, 6) is 0. The molecule has 20 heavy (non-hydrogen) atoms. The summed E-state index contributed by atoms with van der Waals surface area (Å²) in [6.45, 7) is 3.77. The Hall–Kier alpha value is -2.88. The van der Waals surface area contributed by atoms with E-state index in [1.54, 1.807) is 6.08 Å². The fraction of sp³-hybridized carbons (Fsp3) is 0. The summed E-state index contributed by atoms with van der Waals surface area (Å²) in [5.41, 5.74) is 10.2. The van der Waals surface area contributed by atoms with Gasteiger partial charge in [-0.25, -0.2) is 0 Å². The second kappa shape index (κ2) is 6.89. The van der Waals surface area contributed by atoms with Gasteiger partial charge in [0, 0.05) is 5.57 Å². The Kier molecular flexibility index (Phi) is 4.67. The van der Waals surface area contributed by atoms with Crippen LogP contribution in [0.3, 0.4) is 0 Å². The van der Waals surface area contributed by atoms with Crippen LogP contribution in [-0.4, -0.2) is 0 Å². The summed E-state index contributed by atoms with van der Waals surface area (Å²) in [5, 5.41) is 10.3. The maximum Gasteiger partial charge on any atom is 0.0954 e. The molecule has 0 saturated heterocycles. The van der Waals surface area contributed by atoms with Crippen molar-refractivity contribution in [2.45, 2.75) is 0 Å². The standard InChI is InChI=1S/C16H14N4/c1-2-15(18-20-19-17)16(13-9-5-3-6-10-13)14-11-7-4-8-12-14/h2-12,17H,1H2. The van der Waals surface area contributed by atoms with Crippen molar-refractivity contribution < 1.29 is 0 Å². The number of benzene rings is 2. The molecular weight excluding hydrogens is 248 g/mol. The van der Waals surface area contributed by atoms with Crippen molar-refractivity contribution in [2.24, 2.45) is 15.6 Å². The van der Waals surface area contributed by atoms with E-state index in [-0.39, 0.29) is 0 Å². The van der Waals surface area contributed by atoms with E-state index in [0.29, 0.717) is 5.70 Å². The SMILES string of the molecule is C=CC(N=NN=N)=C(c1ccccc1)c1ccccc1. The van der Waals surface area contributed by atoms with E-state index in [1.165, 1.54) is 0 Å². The highest BCUT2D eigenvalue weighted by Gasteiger charge is 2.09. The first-order valence-corrected chi connectivity index (χ1v) is 6.12. The minimum atomic E-state index is 0.582. The zero-order chi connectivity index (χ0) is 14.2. The van der Waals surface area contributed by atoms with Crippen LogP contribution in [0.4, 0.5) is 0 Å². The van der Waals surface area contributed by atoms with E-state index in [9.17, 15) is 0 Å². The van der Waals surface area contributed by atoms with Crippen LogP contribution in [0.25, 0.3) is 5.57 Å². The molecule has 0 radical (unpaired) electrons. The van der Waals surface area contributed by atoms with Crippen LogP contribution in [-0.2, 0) is 0 Å². The fourth-order valence-corrected chi connectivity index (χ4v) is 1.94. The molecule has 0 aliphatic carbocycles. The monoisotopic (exact) mass is 262 g/mol. The fourth-order valence-electron chi connectivity index (χ4n) is 1.94. The molecule has 0 amide bonds. The molecule has 0 unspecified atom stereocenters. The molecule has 2 aromatic carbocycles. The normalized spacial score (nSPS) is 10.2. The summed E-state index contributed by atoms with van der Waals surface area (Å²) in [7, 11) is 0. The number of allylic oxidation sites excluding steroid dienone is 1. The van der Waals surface area contributed by atoms with Crippen LogP contribution >= 0.6 is 0 Å². The topological polar surface area (TPSA) is 60.9 Å². The summed E-state index contributed by atoms with van der Waals surface area (Å²) in [6, 6.07) is 19.8. The Morgan fingerprint density at radius 1 is 0.900 bits per heavy atom. The smallest absolute Gasteiger partial charge is 0.0954 e. The van der Waals surface area contributed by atoms with Crippen molar-refractivity contribution in [3.05, 3.63) is 90.1 Å². The summed E-state index contributed by atoms with van der Waals surface area (Å²) in [6.07, 6.45) is 1.62. The molecule has 98 valence electrons. The summed E-state index contributed by atoms with van der Waals surface area (Å²) < 4.78 is 0. The van der Waals surface area contributed by atoms with Gasteiger partial charge >= 0.3 is 0 Å². The van der Waals surface area contributed by atoms with Gasteiger partial charge in [0.05, 0.1) is 5.70 Å². The maximum absolute atomic E-state index is 6.73. The van der Waals surface area contributed by atoms with Crippen LogP contribution in [0.2, 0.25) is 0 Å². The average Bonchev–Trinajstić information content (AvgIpc) is 2.53. The van der Waals surface area contributed by atoms with Gasteiger partial charge in [0.2, 0.25) is 0 Å². The number of hydrogen-bond acceptors (Lipinski definition) is 2. The molecule has 0 bridgehead atoms. The molecule has 0 saturated carbocycles. The van der Waals surface area contributed by atoms with E-state index in [2.05, 4.69) is 22.1 Å². The lowest BCUT2D eigenvalue weighted by Gasteiger charge is -2.10. The highest BCUT2D eigenvalue weighted by atomic mass is 15.4. The van der Waals surface area contributed by atoms with Gasteiger partial charge in [0.25, 0.3) is 0 Å². The molecule has 0 aromatic heterocycles. The van der Waals surface area contributed by atoms with Crippen molar-refractivity contribution >= 4 is 5.57 Å². The van der Waals surface area contributed by atoms with Crippen molar-refractivity contribution in [3.8, 4) is 0 Å². The predicted octanol–water partition coefficient (Wildman–Crippen LogP) is 5.03. The Morgan fingerprint density at radius 2 is 1.40 bits per heavy atom. The van der Waals surface area contributed by atoms with Gasteiger partial charge in [-0.3, -0.25) is 0 Å². The Bertz CT molecular complexity index is 601. The van der Waals surface area contributed by atoms with Gasteiger partial charge in [-0.05, 0) is 27.6 Å². The lowest BCUT2D eigenvalue weighted by molar-refractivity contribution is 0.896. The maximum atomic E-state index is 6.73. The van der Waals surface area contributed by atoms with E-state index >= 15 is 0 Å². The van der Waals surface area contributed by atoms with Crippen molar-refractivity contribution in [1.82, 2.24) is 0 Å². The Balaban J connectivity index is 2.66. The molecule has 2 rings (SSSR count). The third-order valence-electron chi connectivity index (χ3n) is 2.77. The summed E-state index contributed by atoms with van der Waals surface area (Å²) in [4.78, 5) is 0. The Morgan fingerprint density at radius 3 is 1.80 bits per heavy atom. The number of hydrogen-bond donors (Lipinski definition) is 1. The number of rotatable bonds is 5. The zero-order valence-electron chi connectivity index (χ0n) is 10.9. The lowest BCUT2D eigenvalue weighted by atomic mass is 9.96. The van der Waals surface area contributed by atoms with Gasteiger partial charge < -0.3 is 0 Å². The highest BCUT2D eigenvalue weighted by molar-refractivity contribution is 5.83. The van der Waals surface area contributed by atoms with E-state index in [1.807, 2.05) is 60.7 Å². The molecule has 0 heterocycles. The van der Waals surface area contributed by atoms with Gasteiger partial charge in [0.15, 0.2) is 0 Å². The molecule has 4 heteroatoms. The summed E-state index contributed by atoms with van der Waals surface area (Å²) >= 11 is 0. The van der Waals surface area contributed by atoms with E-state index < -0.39 is 0 Å². The molecule has 0 spiro atoms.